The van der Waals surface area contributed by atoms with Crippen LogP contribution in [0.25, 0.3) is 0 Å². The summed E-state index contributed by atoms with van der Waals surface area (Å²) >= 11 is 0. The fourth-order valence-electron chi connectivity index (χ4n) is 4.06. The van der Waals surface area contributed by atoms with Crippen LogP contribution in [0.1, 0.15) is 55.2 Å². The zero-order valence-electron chi connectivity index (χ0n) is 14.3. The minimum absolute atomic E-state index is 0.0490. The molecule has 1 aliphatic carbocycles. The molecule has 4 heteroatoms. The van der Waals surface area contributed by atoms with Crippen molar-refractivity contribution in [2.45, 2.75) is 44.1 Å². The summed E-state index contributed by atoms with van der Waals surface area (Å²) in [6.07, 6.45) is 8.91. The highest BCUT2D eigenvalue weighted by Gasteiger charge is 2.47. The van der Waals surface area contributed by atoms with E-state index in [9.17, 15) is 9.18 Å². The van der Waals surface area contributed by atoms with Crippen LogP contribution in [0, 0.1) is 11.7 Å². The molecule has 25 heavy (non-hydrogen) atoms. The number of halogens is 1. The maximum atomic E-state index is 13.2. The third kappa shape index (κ3) is 3.44. The molecule has 1 aliphatic heterocycles. The molecule has 0 bridgehead atoms. The molecule has 1 aromatic heterocycles. The molecule has 2 aromatic rings. The van der Waals surface area contributed by atoms with Crippen LogP contribution in [0.15, 0.2) is 48.8 Å². The monoisotopic (exact) mass is 338 g/mol. The largest absolute Gasteiger partial charge is 0.335 e. The van der Waals surface area contributed by atoms with Gasteiger partial charge in [0, 0.05) is 24.9 Å². The lowest BCUT2D eigenvalue weighted by Gasteiger charge is -2.31. The summed E-state index contributed by atoms with van der Waals surface area (Å²) in [4.78, 5) is 19.4. The maximum absolute atomic E-state index is 13.2. The number of benzene rings is 1. The van der Waals surface area contributed by atoms with E-state index < -0.39 is 0 Å². The Hall–Kier alpha value is -2.23. The Kier molecular flexibility index (Phi) is 4.51. The van der Waals surface area contributed by atoms with Gasteiger partial charge in [-0.2, -0.15) is 0 Å². The number of nitrogens with zero attached hydrogens (tertiary/aromatic N) is 2. The summed E-state index contributed by atoms with van der Waals surface area (Å²) in [6.45, 7) is 0.832. The van der Waals surface area contributed by atoms with Gasteiger partial charge in [-0.3, -0.25) is 9.78 Å². The van der Waals surface area contributed by atoms with Crippen molar-refractivity contribution < 1.29 is 9.18 Å². The first-order valence-corrected chi connectivity index (χ1v) is 9.20. The average Bonchev–Trinajstić information content (AvgIpc) is 3.46. The first kappa shape index (κ1) is 16.2. The molecule has 2 fully saturated rings. The lowest BCUT2D eigenvalue weighted by molar-refractivity contribution is -0.135. The number of hydrogen-bond donors (Lipinski definition) is 0. The lowest BCUT2D eigenvalue weighted by atomic mass is 10.0. The number of pyridine rings is 1. The van der Waals surface area contributed by atoms with Gasteiger partial charge in [-0.1, -0.05) is 25.0 Å². The van der Waals surface area contributed by atoms with Crippen molar-refractivity contribution in [1.82, 2.24) is 9.88 Å². The van der Waals surface area contributed by atoms with Gasteiger partial charge in [0.1, 0.15) is 5.82 Å². The molecule has 130 valence electrons. The van der Waals surface area contributed by atoms with Crippen LogP contribution in [0.5, 0.6) is 0 Å². The zero-order valence-corrected chi connectivity index (χ0v) is 14.3. The van der Waals surface area contributed by atoms with E-state index in [0.29, 0.717) is 0 Å². The first-order chi connectivity index (χ1) is 12.2. The fourth-order valence-corrected chi connectivity index (χ4v) is 4.06. The number of amides is 1. The molecule has 1 saturated carbocycles. The Balaban J connectivity index is 1.52. The van der Waals surface area contributed by atoms with E-state index >= 15 is 0 Å². The number of rotatable bonds is 3. The van der Waals surface area contributed by atoms with E-state index in [1.165, 1.54) is 24.1 Å². The molecule has 2 heterocycles. The molecule has 3 atom stereocenters. The predicted molar refractivity (Wildman–Crippen MR) is 94.4 cm³/mol. The van der Waals surface area contributed by atoms with Crippen molar-refractivity contribution in [2.75, 3.05) is 6.54 Å². The third-order valence-electron chi connectivity index (χ3n) is 5.53. The molecule has 0 spiro atoms. The minimum Gasteiger partial charge on any atom is -0.335 e. The van der Waals surface area contributed by atoms with E-state index in [0.717, 1.165) is 37.8 Å². The van der Waals surface area contributed by atoms with Gasteiger partial charge in [0.25, 0.3) is 0 Å². The fraction of sp³-hybridized carbons (Fsp3) is 0.429. The van der Waals surface area contributed by atoms with Crippen LogP contribution in [0.3, 0.4) is 0 Å². The molecule has 0 radical (unpaired) electrons. The quantitative estimate of drug-likeness (QED) is 0.827. The van der Waals surface area contributed by atoms with Crippen molar-refractivity contribution in [3.05, 3.63) is 65.7 Å². The summed E-state index contributed by atoms with van der Waals surface area (Å²) in [6, 6.07) is 10.8. The second-order valence-corrected chi connectivity index (χ2v) is 7.18. The van der Waals surface area contributed by atoms with E-state index in [2.05, 4.69) is 9.88 Å². The van der Waals surface area contributed by atoms with Gasteiger partial charge in [-0.05, 0) is 60.6 Å². The van der Waals surface area contributed by atoms with Crippen LogP contribution in [-0.4, -0.2) is 22.3 Å². The molecule has 0 unspecified atom stereocenters. The molecule has 1 saturated heterocycles. The van der Waals surface area contributed by atoms with Crippen LogP contribution >= 0.6 is 0 Å². The Morgan fingerprint density at radius 3 is 2.52 bits per heavy atom. The zero-order chi connectivity index (χ0) is 17.2. The second kappa shape index (κ2) is 6.95. The maximum Gasteiger partial charge on any atom is 0.226 e. The van der Waals surface area contributed by atoms with Crippen LogP contribution in [0.2, 0.25) is 0 Å². The average molecular weight is 338 g/mol. The number of carbonyl (C=O) groups excluding carboxylic acids is 1. The topological polar surface area (TPSA) is 33.2 Å². The van der Waals surface area contributed by atoms with Gasteiger partial charge in [0.05, 0.1) is 6.04 Å². The number of likely N-dealkylation sites (tertiary alicyclic amines) is 1. The minimum atomic E-state index is -0.224. The van der Waals surface area contributed by atoms with Crippen LogP contribution in [0.4, 0.5) is 4.39 Å². The van der Waals surface area contributed by atoms with Gasteiger partial charge in [-0.15, -0.1) is 0 Å². The Bertz CT molecular complexity index is 731. The van der Waals surface area contributed by atoms with E-state index in [4.69, 9.17) is 0 Å². The number of hydrogen-bond acceptors (Lipinski definition) is 2. The molecular weight excluding hydrogens is 315 g/mol. The third-order valence-corrected chi connectivity index (χ3v) is 5.53. The van der Waals surface area contributed by atoms with Crippen molar-refractivity contribution in [1.29, 1.82) is 0 Å². The molecule has 2 aliphatic rings. The normalized spacial score (nSPS) is 26.1. The first-order valence-electron chi connectivity index (χ1n) is 9.20. The molecule has 1 amide bonds. The van der Waals surface area contributed by atoms with Gasteiger partial charge < -0.3 is 4.90 Å². The summed E-state index contributed by atoms with van der Waals surface area (Å²) < 4.78 is 13.1. The van der Waals surface area contributed by atoms with E-state index in [1.54, 1.807) is 12.4 Å². The lowest BCUT2D eigenvalue weighted by Crippen LogP contribution is -2.36. The second-order valence-electron chi connectivity index (χ2n) is 7.18. The van der Waals surface area contributed by atoms with Crippen molar-refractivity contribution in [3.63, 3.8) is 0 Å². The SMILES string of the molecule is O=C([C@@H]1C[C@H]1c1ccc(F)cc1)N1CCCCC[C@@H]1c1ccncc1. The summed E-state index contributed by atoms with van der Waals surface area (Å²) in [7, 11) is 0. The summed E-state index contributed by atoms with van der Waals surface area (Å²) in [5.74, 6) is 0.331. The van der Waals surface area contributed by atoms with Gasteiger partial charge in [0.2, 0.25) is 5.91 Å². The smallest absolute Gasteiger partial charge is 0.226 e. The van der Waals surface area contributed by atoms with Crippen molar-refractivity contribution in [2.24, 2.45) is 5.92 Å². The highest BCUT2D eigenvalue weighted by molar-refractivity contribution is 5.83. The summed E-state index contributed by atoms with van der Waals surface area (Å²) in [5, 5.41) is 0. The van der Waals surface area contributed by atoms with Gasteiger partial charge in [-0.25, -0.2) is 4.39 Å². The van der Waals surface area contributed by atoms with Crippen LogP contribution < -0.4 is 0 Å². The molecule has 4 rings (SSSR count). The highest BCUT2D eigenvalue weighted by atomic mass is 19.1. The molecule has 0 N–H and O–H groups in total. The van der Waals surface area contributed by atoms with E-state index in [1.807, 2.05) is 24.3 Å². The van der Waals surface area contributed by atoms with Gasteiger partial charge >= 0.3 is 0 Å². The van der Waals surface area contributed by atoms with E-state index in [-0.39, 0.29) is 29.6 Å². The molecular formula is C21H23FN2O. The molecule has 1 aromatic carbocycles. The summed E-state index contributed by atoms with van der Waals surface area (Å²) in [5.41, 5.74) is 2.26. The highest BCUT2D eigenvalue weighted by Crippen LogP contribution is 2.49. The Morgan fingerprint density at radius 2 is 1.76 bits per heavy atom. The Labute approximate surface area is 147 Å². The van der Waals surface area contributed by atoms with Crippen molar-refractivity contribution >= 4 is 5.91 Å². The standard InChI is InChI=1S/C21H23FN2O/c22-17-7-5-15(6-8-17)18-14-19(18)21(25)24-13-3-1-2-4-20(24)16-9-11-23-12-10-16/h5-12,18-20H,1-4,13-14H2/t18-,19+,20+/m0/s1. The van der Waals surface area contributed by atoms with Gasteiger partial charge in [0.15, 0.2) is 0 Å². The van der Waals surface area contributed by atoms with Crippen LogP contribution in [-0.2, 0) is 4.79 Å². The number of carbonyl (C=O) groups is 1. The Morgan fingerprint density at radius 1 is 1.00 bits per heavy atom. The van der Waals surface area contributed by atoms with Crippen molar-refractivity contribution in [3.8, 4) is 0 Å². The molecule has 3 nitrogen and oxygen atoms in total. The predicted octanol–water partition coefficient (Wildman–Crippen LogP) is 4.47. The number of aromatic nitrogens is 1.